The minimum absolute atomic E-state index is 0.0506. The summed E-state index contributed by atoms with van der Waals surface area (Å²) < 4.78 is 0. The van der Waals surface area contributed by atoms with Crippen molar-refractivity contribution in [3.05, 3.63) is 12.7 Å². The topological polar surface area (TPSA) is 99.0 Å². The molecule has 0 rings (SSSR count). The summed E-state index contributed by atoms with van der Waals surface area (Å²) in [7, 11) is 0. The summed E-state index contributed by atoms with van der Waals surface area (Å²) in [5.74, 6) is -0.981. The van der Waals surface area contributed by atoms with E-state index in [2.05, 4.69) is 16.9 Å². The van der Waals surface area contributed by atoms with Crippen molar-refractivity contribution in [1.82, 2.24) is 5.32 Å². The number of aliphatic carboxylic acids is 1. The zero-order valence-corrected chi connectivity index (χ0v) is 7.93. The van der Waals surface area contributed by atoms with Crippen molar-refractivity contribution in [2.75, 3.05) is 13.2 Å². The molecule has 2 amide bonds. The molecule has 3 N–H and O–H groups in total. The third-order valence-electron chi connectivity index (χ3n) is 0.809. The average molecular weight is 202 g/mol. The minimum Gasteiger partial charge on any atom is -0.478 e. The molecule has 6 heteroatoms. The van der Waals surface area contributed by atoms with E-state index in [-0.39, 0.29) is 13.2 Å². The van der Waals surface area contributed by atoms with Crippen LogP contribution >= 0.6 is 0 Å². The van der Waals surface area contributed by atoms with E-state index < -0.39 is 12.0 Å². The van der Waals surface area contributed by atoms with Crippen molar-refractivity contribution in [3.8, 4) is 0 Å². The molecule has 0 aliphatic carbocycles. The summed E-state index contributed by atoms with van der Waals surface area (Å²) >= 11 is 0. The van der Waals surface area contributed by atoms with Gasteiger partial charge >= 0.3 is 12.0 Å². The molecule has 6 nitrogen and oxygen atoms in total. The van der Waals surface area contributed by atoms with Crippen LogP contribution in [0.3, 0.4) is 0 Å². The third kappa shape index (κ3) is 16.7. The van der Waals surface area contributed by atoms with Crippen LogP contribution in [-0.2, 0) is 4.79 Å². The van der Waals surface area contributed by atoms with E-state index in [0.717, 1.165) is 6.08 Å². The van der Waals surface area contributed by atoms with Crippen molar-refractivity contribution in [2.45, 2.75) is 6.92 Å². The minimum atomic E-state index is -0.981. The van der Waals surface area contributed by atoms with Crippen LogP contribution in [0.4, 0.5) is 4.79 Å². The summed E-state index contributed by atoms with van der Waals surface area (Å²) in [6.45, 7) is 4.82. The van der Waals surface area contributed by atoms with Crippen LogP contribution < -0.4 is 5.32 Å². The van der Waals surface area contributed by atoms with Gasteiger partial charge in [-0.3, -0.25) is 0 Å². The zero-order valence-electron chi connectivity index (χ0n) is 7.93. The Bertz CT molecular complexity index is 213. The maximum absolute atomic E-state index is 10.4. The van der Waals surface area contributed by atoms with Gasteiger partial charge in [-0.15, -0.1) is 0 Å². The molecular formula is C8H14N2O4. The molecule has 0 atom stereocenters. The normalized spacial score (nSPS) is 8.71. The Morgan fingerprint density at radius 3 is 2.36 bits per heavy atom. The van der Waals surface area contributed by atoms with E-state index in [1.807, 2.05) is 0 Å². The molecule has 0 unspecified atom stereocenters. The maximum Gasteiger partial charge on any atom is 0.340 e. The fourth-order valence-corrected chi connectivity index (χ4v) is 0.326. The Morgan fingerprint density at radius 2 is 2.07 bits per heavy atom. The monoisotopic (exact) mass is 202 g/mol. The van der Waals surface area contributed by atoms with Gasteiger partial charge in [0.1, 0.15) is 0 Å². The van der Waals surface area contributed by atoms with Gasteiger partial charge in [-0.2, -0.15) is 0 Å². The highest BCUT2D eigenvalue weighted by atomic mass is 16.4. The largest absolute Gasteiger partial charge is 0.478 e. The second-order valence-electron chi connectivity index (χ2n) is 1.89. The van der Waals surface area contributed by atoms with Crippen molar-refractivity contribution < 1.29 is 19.8 Å². The molecule has 0 heterocycles. The van der Waals surface area contributed by atoms with E-state index in [1.54, 1.807) is 6.92 Å². The molecule has 0 radical (unpaired) electrons. The standard InChI is InChI=1S/C5H10N2O2.C3H4O2/c1-2-6-5(9)7-3-4-8;1-2-3(4)5/h2,8H,3-4H2,1H3,(H,7,9);2H,1H2,(H,4,5). The number of carbonyl (C=O) groups excluding carboxylic acids is 1. The smallest absolute Gasteiger partial charge is 0.340 e. The number of aliphatic hydroxyl groups is 1. The molecule has 0 aromatic rings. The second-order valence-corrected chi connectivity index (χ2v) is 1.89. The van der Waals surface area contributed by atoms with Gasteiger partial charge in [-0.1, -0.05) is 6.58 Å². The summed E-state index contributed by atoms with van der Waals surface area (Å²) in [6.07, 6.45) is 2.23. The van der Waals surface area contributed by atoms with Crippen LogP contribution in [0.1, 0.15) is 6.92 Å². The number of urea groups is 1. The number of aliphatic imine (C=N–C) groups is 1. The summed E-state index contributed by atoms with van der Waals surface area (Å²) in [4.78, 5) is 23.0. The lowest BCUT2D eigenvalue weighted by molar-refractivity contribution is -0.131. The fourth-order valence-electron chi connectivity index (χ4n) is 0.326. The van der Waals surface area contributed by atoms with Gasteiger partial charge in [-0.05, 0) is 6.92 Å². The summed E-state index contributed by atoms with van der Waals surface area (Å²) in [5.41, 5.74) is 0. The Labute approximate surface area is 82.0 Å². The van der Waals surface area contributed by atoms with E-state index in [0.29, 0.717) is 0 Å². The summed E-state index contributed by atoms with van der Waals surface area (Å²) in [5, 5.41) is 18.2. The number of amides is 2. The highest BCUT2D eigenvalue weighted by Gasteiger charge is 1.90. The quantitative estimate of drug-likeness (QED) is 0.444. The van der Waals surface area contributed by atoms with Crippen molar-refractivity contribution >= 4 is 18.2 Å². The molecular weight excluding hydrogens is 188 g/mol. The van der Waals surface area contributed by atoms with E-state index in [1.165, 1.54) is 6.21 Å². The molecule has 0 fully saturated rings. The SMILES string of the molecule is C=CC(=O)O.CC=NC(=O)NCCO. The van der Waals surface area contributed by atoms with E-state index in [4.69, 9.17) is 10.2 Å². The number of nitrogens with one attached hydrogen (secondary N) is 1. The number of carbonyl (C=O) groups is 2. The van der Waals surface area contributed by atoms with E-state index in [9.17, 15) is 9.59 Å². The number of rotatable bonds is 3. The molecule has 80 valence electrons. The summed E-state index contributed by atoms with van der Waals surface area (Å²) in [6, 6.07) is -0.411. The predicted molar refractivity (Wildman–Crippen MR) is 52.5 cm³/mol. The maximum atomic E-state index is 10.4. The highest BCUT2D eigenvalue weighted by molar-refractivity contribution is 5.82. The van der Waals surface area contributed by atoms with Crippen molar-refractivity contribution in [2.24, 2.45) is 4.99 Å². The van der Waals surface area contributed by atoms with Crippen LogP contribution in [0.15, 0.2) is 17.6 Å². The molecule has 0 aliphatic heterocycles. The Balaban J connectivity index is 0. The van der Waals surface area contributed by atoms with Crippen LogP contribution in [0.25, 0.3) is 0 Å². The zero-order chi connectivity index (χ0) is 11.4. The first-order chi connectivity index (χ1) is 6.58. The van der Waals surface area contributed by atoms with E-state index >= 15 is 0 Å². The molecule has 14 heavy (non-hydrogen) atoms. The molecule has 0 spiro atoms. The lowest BCUT2D eigenvalue weighted by atomic mass is 10.7. The number of carboxylic acids is 1. The van der Waals surface area contributed by atoms with Crippen molar-refractivity contribution in [3.63, 3.8) is 0 Å². The van der Waals surface area contributed by atoms with Gasteiger partial charge in [0, 0.05) is 18.8 Å². The van der Waals surface area contributed by atoms with Gasteiger partial charge in [0.2, 0.25) is 0 Å². The molecule has 0 bridgehead atoms. The average Bonchev–Trinajstić information content (AvgIpc) is 2.16. The van der Waals surface area contributed by atoms with Crippen LogP contribution in [-0.4, -0.2) is 41.6 Å². The van der Waals surface area contributed by atoms with Gasteiger partial charge in [0.15, 0.2) is 0 Å². The second kappa shape index (κ2) is 11.3. The van der Waals surface area contributed by atoms with Crippen molar-refractivity contribution in [1.29, 1.82) is 0 Å². The molecule has 0 aliphatic rings. The molecule has 0 aromatic carbocycles. The van der Waals surface area contributed by atoms with Gasteiger partial charge < -0.3 is 15.5 Å². The van der Waals surface area contributed by atoms with Gasteiger partial charge in [0.25, 0.3) is 0 Å². The lowest BCUT2D eigenvalue weighted by Crippen LogP contribution is -2.22. The first-order valence-electron chi connectivity index (χ1n) is 3.81. The Kier molecular flexibility index (Phi) is 12.0. The Morgan fingerprint density at radius 1 is 1.57 bits per heavy atom. The predicted octanol–water partition coefficient (Wildman–Crippen LogP) is 0.0360. The molecule has 0 saturated carbocycles. The number of hydrogen-bond acceptors (Lipinski definition) is 3. The molecule has 0 aromatic heterocycles. The van der Waals surface area contributed by atoms with Crippen LogP contribution in [0, 0.1) is 0 Å². The van der Waals surface area contributed by atoms with Crippen LogP contribution in [0.2, 0.25) is 0 Å². The number of carboxylic acid groups (broad SMARTS) is 1. The lowest BCUT2D eigenvalue weighted by Gasteiger charge is -1.94. The number of hydrogen-bond donors (Lipinski definition) is 3. The first kappa shape index (κ1) is 14.8. The number of nitrogens with zero attached hydrogens (tertiary/aromatic N) is 1. The van der Waals surface area contributed by atoms with Crippen LogP contribution in [0.5, 0.6) is 0 Å². The van der Waals surface area contributed by atoms with Gasteiger partial charge in [0.05, 0.1) is 6.61 Å². The fraction of sp³-hybridized carbons (Fsp3) is 0.375. The Hall–Kier alpha value is -1.69. The highest BCUT2D eigenvalue weighted by Crippen LogP contribution is 1.69. The van der Waals surface area contributed by atoms with Gasteiger partial charge in [-0.25, -0.2) is 14.6 Å². The first-order valence-corrected chi connectivity index (χ1v) is 3.81. The third-order valence-corrected chi connectivity index (χ3v) is 0.809. The number of aliphatic hydroxyl groups excluding tert-OH is 1. The molecule has 0 saturated heterocycles.